The number of hydrogen-bond donors (Lipinski definition) is 3. The second-order valence-corrected chi connectivity index (χ2v) is 4.68. The summed E-state index contributed by atoms with van der Waals surface area (Å²) in [6.07, 6.45) is 1.85. The first-order valence-corrected chi connectivity index (χ1v) is 6.85. The molecule has 1 heterocycles. The smallest absolute Gasteiger partial charge is 0.319 e. The maximum atomic E-state index is 11.8. The first-order chi connectivity index (χ1) is 10.1. The molecule has 0 aliphatic heterocycles. The Bertz CT molecular complexity index is 608. The Morgan fingerprint density at radius 2 is 2.29 bits per heavy atom. The van der Waals surface area contributed by atoms with Crippen molar-refractivity contribution in [3.63, 3.8) is 0 Å². The molecule has 0 fully saturated rings. The van der Waals surface area contributed by atoms with Gasteiger partial charge in [-0.1, -0.05) is 19.1 Å². The largest absolute Gasteiger partial charge is 0.444 e. The lowest BCUT2D eigenvalue weighted by Crippen LogP contribution is -2.28. The van der Waals surface area contributed by atoms with E-state index in [0.29, 0.717) is 11.6 Å². The average molecular weight is 289 g/mol. The number of hydrogen-bond acceptors (Lipinski definition) is 4. The number of amides is 2. The van der Waals surface area contributed by atoms with Crippen LogP contribution in [0.1, 0.15) is 37.2 Å². The summed E-state index contributed by atoms with van der Waals surface area (Å²) in [5.74, 6) is 1.26. The molecule has 0 aliphatic rings. The monoisotopic (exact) mass is 289 g/mol. The number of aliphatic hydroxyl groups is 1. The summed E-state index contributed by atoms with van der Waals surface area (Å²) in [5.41, 5.74) is 1.36. The molecule has 1 atom stereocenters. The van der Waals surface area contributed by atoms with Gasteiger partial charge in [-0.05, 0) is 24.6 Å². The third-order valence-corrected chi connectivity index (χ3v) is 2.98. The van der Waals surface area contributed by atoms with E-state index in [4.69, 9.17) is 4.42 Å². The lowest BCUT2D eigenvalue weighted by molar-refractivity contribution is 0.199. The van der Waals surface area contributed by atoms with Gasteiger partial charge in [0.2, 0.25) is 5.89 Å². The van der Waals surface area contributed by atoms with Crippen molar-refractivity contribution in [1.82, 2.24) is 10.3 Å². The van der Waals surface area contributed by atoms with Crippen molar-refractivity contribution in [2.75, 3.05) is 5.32 Å². The summed E-state index contributed by atoms with van der Waals surface area (Å²) in [6.45, 7) is 3.87. The summed E-state index contributed by atoms with van der Waals surface area (Å²) in [7, 11) is 0. The molecular formula is C15H19N3O3. The van der Waals surface area contributed by atoms with Gasteiger partial charge in [-0.2, -0.15) is 0 Å². The topological polar surface area (TPSA) is 87.4 Å². The minimum Gasteiger partial charge on any atom is -0.444 e. The number of aromatic nitrogens is 1. The number of nitrogens with one attached hydrogen (secondary N) is 2. The van der Waals surface area contributed by atoms with Crippen molar-refractivity contribution in [2.24, 2.45) is 0 Å². The molecule has 0 bridgehead atoms. The first kappa shape index (κ1) is 15.1. The molecule has 6 nitrogen and oxygen atoms in total. The van der Waals surface area contributed by atoms with Gasteiger partial charge in [-0.3, -0.25) is 0 Å². The summed E-state index contributed by atoms with van der Waals surface area (Å²) in [4.78, 5) is 15.9. The zero-order valence-electron chi connectivity index (χ0n) is 12.1. The first-order valence-electron chi connectivity index (χ1n) is 6.85. The highest BCUT2D eigenvalue weighted by Crippen LogP contribution is 2.16. The minimum absolute atomic E-state index is 0.224. The van der Waals surface area contributed by atoms with Crippen LogP contribution in [0.25, 0.3) is 0 Å². The number of oxazole rings is 1. The Hall–Kier alpha value is -2.34. The van der Waals surface area contributed by atoms with Gasteiger partial charge >= 0.3 is 6.03 Å². The van der Waals surface area contributed by atoms with E-state index >= 15 is 0 Å². The van der Waals surface area contributed by atoms with Gasteiger partial charge in [0.15, 0.2) is 0 Å². The molecule has 1 aromatic heterocycles. The maximum Gasteiger partial charge on any atom is 0.319 e. The maximum absolute atomic E-state index is 11.8. The molecule has 0 radical (unpaired) electrons. The SMILES string of the molecule is CCc1cnc(CNC(=O)Nc2cccc(C(C)O)c2)o1. The molecule has 2 rings (SSSR count). The number of anilines is 1. The lowest BCUT2D eigenvalue weighted by Gasteiger charge is -2.09. The number of benzene rings is 1. The molecule has 0 saturated heterocycles. The number of carbonyl (C=O) groups is 1. The highest BCUT2D eigenvalue weighted by atomic mass is 16.4. The van der Waals surface area contributed by atoms with Crippen molar-refractivity contribution < 1.29 is 14.3 Å². The lowest BCUT2D eigenvalue weighted by atomic mass is 10.1. The van der Waals surface area contributed by atoms with Gasteiger partial charge in [-0.15, -0.1) is 0 Å². The number of rotatable bonds is 5. The molecule has 2 aromatic rings. The number of nitrogens with zero attached hydrogens (tertiary/aromatic N) is 1. The van der Waals surface area contributed by atoms with Crippen LogP contribution in [0.15, 0.2) is 34.9 Å². The van der Waals surface area contributed by atoms with Crippen molar-refractivity contribution in [3.8, 4) is 0 Å². The van der Waals surface area contributed by atoms with E-state index in [2.05, 4.69) is 15.6 Å². The molecule has 1 aromatic carbocycles. The van der Waals surface area contributed by atoms with Crippen molar-refractivity contribution in [2.45, 2.75) is 32.9 Å². The molecule has 6 heteroatoms. The second-order valence-electron chi connectivity index (χ2n) is 4.68. The molecule has 0 spiro atoms. The molecule has 2 amide bonds. The Kier molecular flexibility index (Phi) is 4.94. The fourth-order valence-electron chi connectivity index (χ4n) is 1.80. The van der Waals surface area contributed by atoms with E-state index in [0.717, 1.165) is 17.7 Å². The molecule has 21 heavy (non-hydrogen) atoms. The van der Waals surface area contributed by atoms with E-state index in [1.54, 1.807) is 37.4 Å². The number of aliphatic hydroxyl groups excluding tert-OH is 1. The van der Waals surface area contributed by atoms with Crippen LogP contribution in [-0.2, 0) is 13.0 Å². The minimum atomic E-state index is -0.574. The highest BCUT2D eigenvalue weighted by Gasteiger charge is 2.07. The summed E-state index contributed by atoms with van der Waals surface area (Å²) < 4.78 is 5.40. The Balaban J connectivity index is 1.88. The van der Waals surface area contributed by atoms with Gasteiger partial charge in [0.1, 0.15) is 5.76 Å². The van der Waals surface area contributed by atoms with E-state index < -0.39 is 6.10 Å². The Morgan fingerprint density at radius 3 is 2.95 bits per heavy atom. The third kappa shape index (κ3) is 4.32. The van der Waals surface area contributed by atoms with Crippen molar-refractivity contribution in [1.29, 1.82) is 0 Å². The Labute approximate surface area is 123 Å². The molecular weight excluding hydrogens is 270 g/mol. The standard InChI is InChI=1S/C15H19N3O3/c1-3-13-8-16-14(21-13)9-17-15(20)18-12-6-4-5-11(7-12)10(2)19/h4-8,10,19H,3,9H2,1-2H3,(H2,17,18,20). The van der Waals surface area contributed by atoms with Gasteiger partial charge in [0.25, 0.3) is 0 Å². The van der Waals surface area contributed by atoms with Crippen molar-refractivity contribution >= 4 is 11.7 Å². The zero-order chi connectivity index (χ0) is 15.2. The van der Waals surface area contributed by atoms with Crippen molar-refractivity contribution in [3.05, 3.63) is 47.7 Å². The second kappa shape index (κ2) is 6.90. The zero-order valence-corrected chi connectivity index (χ0v) is 12.1. The van der Waals surface area contributed by atoms with E-state index in [9.17, 15) is 9.90 Å². The number of urea groups is 1. The average Bonchev–Trinajstić information content (AvgIpc) is 2.93. The fourth-order valence-corrected chi connectivity index (χ4v) is 1.80. The van der Waals surface area contributed by atoms with Crippen LogP contribution in [0.4, 0.5) is 10.5 Å². The van der Waals surface area contributed by atoms with E-state index in [-0.39, 0.29) is 12.6 Å². The molecule has 0 aliphatic carbocycles. The van der Waals surface area contributed by atoms with E-state index in [1.807, 2.05) is 6.92 Å². The van der Waals surface area contributed by atoms with Crippen LogP contribution in [-0.4, -0.2) is 16.1 Å². The predicted octanol–water partition coefficient (Wildman–Crippen LogP) is 2.61. The van der Waals surface area contributed by atoms with Crippen LogP contribution in [0.3, 0.4) is 0 Å². The Morgan fingerprint density at radius 1 is 1.48 bits per heavy atom. The fraction of sp³-hybridized carbons (Fsp3) is 0.333. The van der Waals surface area contributed by atoms with Gasteiger partial charge in [0, 0.05) is 12.1 Å². The van der Waals surface area contributed by atoms with Gasteiger partial charge in [0.05, 0.1) is 18.8 Å². The third-order valence-electron chi connectivity index (χ3n) is 2.98. The molecule has 3 N–H and O–H groups in total. The van der Waals surface area contributed by atoms with Crippen LogP contribution in [0.5, 0.6) is 0 Å². The quantitative estimate of drug-likeness (QED) is 0.789. The molecule has 0 saturated carbocycles. The summed E-state index contributed by atoms with van der Waals surface area (Å²) in [6, 6.07) is 6.71. The van der Waals surface area contributed by atoms with Crippen LogP contribution >= 0.6 is 0 Å². The summed E-state index contributed by atoms with van der Waals surface area (Å²) >= 11 is 0. The van der Waals surface area contributed by atoms with Crippen LogP contribution in [0, 0.1) is 0 Å². The normalized spacial score (nSPS) is 12.0. The van der Waals surface area contributed by atoms with Gasteiger partial charge in [-0.25, -0.2) is 9.78 Å². The number of aryl methyl sites for hydroxylation is 1. The molecule has 1 unspecified atom stereocenters. The van der Waals surface area contributed by atoms with Crippen LogP contribution < -0.4 is 10.6 Å². The predicted molar refractivity (Wildman–Crippen MR) is 78.8 cm³/mol. The molecule has 112 valence electrons. The highest BCUT2D eigenvalue weighted by molar-refractivity contribution is 5.89. The van der Waals surface area contributed by atoms with Crippen LogP contribution in [0.2, 0.25) is 0 Å². The van der Waals surface area contributed by atoms with E-state index in [1.165, 1.54) is 0 Å². The number of carbonyl (C=O) groups excluding carboxylic acids is 1. The van der Waals surface area contributed by atoms with Gasteiger partial charge < -0.3 is 20.2 Å². The summed E-state index contributed by atoms with van der Waals surface area (Å²) in [5, 5.41) is 14.9.